The summed E-state index contributed by atoms with van der Waals surface area (Å²) in [6.45, 7) is 6.39. The average molecular weight is 212 g/mol. The number of rotatable bonds is 5. The average Bonchev–Trinajstić information content (AvgIpc) is 2.18. The van der Waals surface area contributed by atoms with E-state index in [0.717, 1.165) is 32.1 Å². The van der Waals surface area contributed by atoms with Crippen molar-refractivity contribution in [2.24, 2.45) is 5.41 Å². The molecule has 0 spiro atoms. The molecule has 0 heterocycles. The van der Waals surface area contributed by atoms with E-state index in [2.05, 4.69) is 26.8 Å². The van der Waals surface area contributed by atoms with E-state index < -0.39 is 6.17 Å². The molecule has 2 atom stereocenters. The molecule has 88 valence electrons. The van der Waals surface area contributed by atoms with Gasteiger partial charge in [0.1, 0.15) is 6.17 Å². The van der Waals surface area contributed by atoms with Gasteiger partial charge in [0.2, 0.25) is 0 Å². The van der Waals surface area contributed by atoms with Crippen LogP contribution in [0.5, 0.6) is 0 Å². The highest BCUT2D eigenvalue weighted by Gasteiger charge is 2.37. The summed E-state index contributed by atoms with van der Waals surface area (Å²) < 4.78 is 14.3. The molecule has 0 nitrogen and oxygen atoms in total. The van der Waals surface area contributed by atoms with Gasteiger partial charge < -0.3 is 0 Å². The molecule has 0 saturated heterocycles. The molecular formula is C14H25F. The summed E-state index contributed by atoms with van der Waals surface area (Å²) in [5.41, 5.74) is 1.28. The summed E-state index contributed by atoms with van der Waals surface area (Å²) in [5.74, 6) is 0. The van der Waals surface area contributed by atoms with Gasteiger partial charge in [-0.3, -0.25) is 0 Å². The molecule has 0 amide bonds. The number of hydrogen-bond donors (Lipinski definition) is 0. The Hall–Kier alpha value is -0.330. The van der Waals surface area contributed by atoms with Gasteiger partial charge >= 0.3 is 0 Å². The Labute approximate surface area is 94.0 Å². The first-order chi connectivity index (χ1) is 7.14. The van der Waals surface area contributed by atoms with Crippen molar-refractivity contribution >= 4 is 0 Å². The third-order valence-electron chi connectivity index (χ3n) is 3.63. The van der Waals surface area contributed by atoms with E-state index in [0.29, 0.717) is 0 Å². The van der Waals surface area contributed by atoms with E-state index >= 15 is 0 Å². The van der Waals surface area contributed by atoms with Gasteiger partial charge in [-0.25, -0.2) is 4.39 Å². The van der Waals surface area contributed by atoms with Gasteiger partial charge in [0.25, 0.3) is 0 Å². The van der Waals surface area contributed by atoms with Crippen LogP contribution in [0, 0.1) is 5.41 Å². The van der Waals surface area contributed by atoms with Crippen LogP contribution in [0.2, 0.25) is 0 Å². The lowest BCUT2D eigenvalue weighted by Gasteiger charge is -2.37. The Morgan fingerprint density at radius 2 is 2.13 bits per heavy atom. The normalized spacial score (nSPS) is 28.7. The molecule has 0 aromatic heterocycles. The molecule has 0 bridgehead atoms. The van der Waals surface area contributed by atoms with Crippen molar-refractivity contribution < 1.29 is 4.39 Å². The summed E-state index contributed by atoms with van der Waals surface area (Å²) >= 11 is 0. The minimum atomic E-state index is -0.627. The third kappa shape index (κ3) is 3.06. The summed E-state index contributed by atoms with van der Waals surface area (Å²) in [5, 5.41) is 0. The standard InChI is InChI=1S/C14H25F/c1-4-7-13(15)14(9-5-2)10-6-8-12(3)11-14/h11,13H,4-10H2,1-3H3. The summed E-state index contributed by atoms with van der Waals surface area (Å²) in [6.07, 6.45) is 8.82. The van der Waals surface area contributed by atoms with Crippen LogP contribution in [0.4, 0.5) is 4.39 Å². The second kappa shape index (κ2) is 5.67. The van der Waals surface area contributed by atoms with Crippen LogP contribution < -0.4 is 0 Å². The lowest BCUT2D eigenvalue weighted by molar-refractivity contribution is 0.113. The summed E-state index contributed by atoms with van der Waals surface area (Å²) in [6, 6.07) is 0. The molecule has 1 heteroatoms. The fraction of sp³-hybridized carbons (Fsp3) is 0.857. The zero-order chi connectivity index (χ0) is 11.3. The summed E-state index contributed by atoms with van der Waals surface area (Å²) in [7, 11) is 0. The monoisotopic (exact) mass is 212 g/mol. The van der Waals surface area contributed by atoms with Crippen LogP contribution in [-0.2, 0) is 0 Å². The topological polar surface area (TPSA) is 0 Å². The van der Waals surface area contributed by atoms with Gasteiger partial charge in [-0.05, 0) is 39.0 Å². The zero-order valence-corrected chi connectivity index (χ0v) is 10.5. The van der Waals surface area contributed by atoms with E-state index in [1.54, 1.807) is 0 Å². The van der Waals surface area contributed by atoms with E-state index in [1.165, 1.54) is 18.4 Å². The van der Waals surface area contributed by atoms with Crippen molar-refractivity contribution in [1.82, 2.24) is 0 Å². The third-order valence-corrected chi connectivity index (χ3v) is 3.63. The SMILES string of the molecule is CCCC(F)C1(CCC)C=C(C)CCC1. The molecule has 0 saturated carbocycles. The lowest BCUT2D eigenvalue weighted by Crippen LogP contribution is -2.32. The van der Waals surface area contributed by atoms with E-state index in [4.69, 9.17) is 0 Å². The molecule has 15 heavy (non-hydrogen) atoms. The van der Waals surface area contributed by atoms with Gasteiger partial charge in [0.15, 0.2) is 0 Å². The first-order valence-corrected chi connectivity index (χ1v) is 6.47. The van der Waals surface area contributed by atoms with Crippen LogP contribution in [0.3, 0.4) is 0 Å². The highest BCUT2D eigenvalue weighted by molar-refractivity contribution is 5.14. The van der Waals surface area contributed by atoms with Crippen LogP contribution in [0.15, 0.2) is 11.6 Å². The molecule has 1 aliphatic rings. The van der Waals surface area contributed by atoms with Crippen LogP contribution in [0.25, 0.3) is 0 Å². The Kier molecular flexibility index (Phi) is 4.82. The fourth-order valence-electron chi connectivity index (χ4n) is 2.94. The molecule has 0 aliphatic heterocycles. The Balaban J connectivity index is 2.81. The van der Waals surface area contributed by atoms with Gasteiger partial charge in [-0.1, -0.05) is 38.3 Å². The smallest absolute Gasteiger partial charge is 0.109 e. The Morgan fingerprint density at radius 1 is 1.40 bits per heavy atom. The number of halogens is 1. The zero-order valence-electron chi connectivity index (χ0n) is 10.5. The van der Waals surface area contributed by atoms with Crippen molar-refractivity contribution in [2.45, 2.75) is 71.9 Å². The van der Waals surface area contributed by atoms with Gasteiger partial charge in [0.05, 0.1) is 0 Å². The largest absolute Gasteiger partial charge is 0.247 e. The second-order valence-electron chi connectivity index (χ2n) is 5.08. The Morgan fingerprint density at radius 3 is 2.67 bits per heavy atom. The van der Waals surface area contributed by atoms with E-state index in [1.807, 2.05) is 0 Å². The van der Waals surface area contributed by atoms with Crippen LogP contribution in [-0.4, -0.2) is 6.17 Å². The van der Waals surface area contributed by atoms with Crippen LogP contribution >= 0.6 is 0 Å². The van der Waals surface area contributed by atoms with Crippen molar-refractivity contribution in [1.29, 1.82) is 0 Å². The molecule has 1 aliphatic carbocycles. The highest BCUT2D eigenvalue weighted by atomic mass is 19.1. The summed E-state index contributed by atoms with van der Waals surface area (Å²) in [4.78, 5) is 0. The molecule has 0 N–H and O–H groups in total. The predicted molar refractivity (Wildman–Crippen MR) is 64.8 cm³/mol. The van der Waals surface area contributed by atoms with Crippen molar-refractivity contribution in [3.05, 3.63) is 11.6 Å². The quantitative estimate of drug-likeness (QED) is 0.560. The maximum atomic E-state index is 14.3. The van der Waals surface area contributed by atoms with E-state index in [-0.39, 0.29) is 5.41 Å². The van der Waals surface area contributed by atoms with Gasteiger partial charge in [-0.2, -0.15) is 0 Å². The van der Waals surface area contributed by atoms with Gasteiger partial charge in [0, 0.05) is 5.41 Å². The lowest BCUT2D eigenvalue weighted by atomic mass is 9.69. The molecule has 0 aromatic carbocycles. The molecule has 1 rings (SSSR count). The number of allylic oxidation sites excluding steroid dienone is 2. The van der Waals surface area contributed by atoms with Crippen molar-refractivity contribution in [3.8, 4) is 0 Å². The Bertz CT molecular complexity index is 219. The molecule has 0 aromatic rings. The number of hydrogen-bond acceptors (Lipinski definition) is 0. The predicted octanol–water partition coefficient (Wildman–Crippen LogP) is 5.04. The maximum Gasteiger partial charge on any atom is 0.109 e. The molecule has 0 fully saturated rings. The first-order valence-electron chi connectivity index (χ1n) is 6.47. The van der Waals surface area contributed by atoms with Crippen molar-refractivity contribution in [2.75, 3.05) is 0 Å². The second-order valence-corrected chi connectivity index (χ2v) is 5.08. The minimum absolute atomic E-state index is 0.118. The van der Waals surface area contributed by atoms with Gasteiger partial charge in [-0.15, -0.1) is 0 Å². The van der Waals surface area contributed by atoms with E-state index in [9.17, 15) is 4.39 Å². The van der Waals surface area contributed by atoms with Crippen LogP contribution in [0.1, 0.15) is 65.7 Å². The highest BCUT2D eigenvalue weighted by Crippen LogP contribution is 2.43. The maximum absolute atomic E-state index is 14.3. The fourth-order valence-corrected chi connectivity index (χ4v) is 2.94. The molecule has 0 radical (unpaired) electrons. The number of alkyl halides is 1. The first kappa shape index (κ1) is 12.7. The molecule has 2 unspecified atom stereocenters. The van der Waals surface area contributed by atoms with Crippen molar-refractivity contribution in [3.63, 3.8) is 0 Å². The minimum Gasteiger partial charge on any atom is -0.247 e. The molecular weight excluding hydrogens is 187 g/mol.